The minimum Gasteiger partial charge on any atom is -0.497 e. The highest BCUT2D eigenvalue weighted by Gasteiger charge is 2.29. The lowest BCUT2D eigenvalue weighted by Gasteiger charge is -2.06. The maximum absolute atomic E-state index is 12.5. The Morgan fingerprint density at radius 1 is 1.34 bits per heavy atom. The lowest BCUT2D eigenvalue weighted by atomic mass is 10.0. The smallest absolute Gasteiger partial charge is 0.357 e. The Kier molecular flexibility index (Phi) is 4.46. The number of aromatic amines is 1. The standard InChI is InChI=1S/C21H18N2O6/c1-4-28-21(26)18-13(12-8-11(27-3)5-6-15(12)23-18)9-16-14-7-10(2)22-19(24)17(14)20(25)29-16/h5-9,25H,4H2,1-3H3,(H,22,24). The molecule has 0 bridgehead atoms. The third-order valence-electron chi connectivity index (χ3n) is 4.58. The lowest BCUT2D eigenvalue weighted by Crippen LogP contribution is -2.16. The molecular weight excluding hydrogens is 376 g/mol. The quantitative estimate of drug-likeness (QED) is 0.656. The number of carbonyl (C=O) groups is 1. The Morgan fingerprint density at radius 3 is 2.86 bits per heavy atom. The first-order chi connectivity index (χ1) is 13.9. The molecule has 8 nitrogen and oxygen atoms in total. The highest BCUT2D eigenvalue weighted by atomic mass is 16.5. The first-order valence-electron chi connectivity index (χ1n) is 8.94. The average molecular weight is 394 g/mol. The largest absolute Gasteiger partial charge is 0.497 e. The van der Waals surface area contributed by atoms with Crippen molar-refractivity contribution in [3.8, 4) is 11.7 Å². The monoisotopic (exact) mass is 394 g/mol. The number of aliphatic imine (C=N–C) groups is 1. The molecule has 3 heterocycles. The first-order valence-corrected chi connectivity index (χ1v) is 8.94. The number of esters is 1. The van der Waals surface area contributed by atoms with Gasteiger partial charge in [-0.15, -0.1) is 0 Å². The minimum atomic E-state index is -0.581. The summed E-state index contributed by atoms with van der Waals surface area (Å²) in [5.41, 5.74) is 1.94. The van der Waals surface area contributed by atoms with Crippen molar-refractivity contribution in [1.82, 2.24) is 4.98 Å². The van der Waals surface area contributed by atoms with Crippen LogP contribution < -0.4 is 10.3 Å². The molecule has 0 saturated carbocycles. The number of nitrogens with zero attached hydrogens (tertiary/aromatic N) is 1. The maximum Gasteiger partial charge on any atom is 0.357 e. The number of ether oxygens (including phenoxy) is 2. The number of rotatable bonds is 4. The van der Waals surface area contributed by atoms with E-state index in [1.165, 1.54) is 0 Å². The Morgan fingerprint density at radius 2 is 2.14 bits per heavy atom. The second-order valence-electron chi connectivity index (χ2n) is 6.46. The summed E-state index contributed by atoms with van der Waals surface area (Å²) in [4.78, 5) is 31.7. The predicted molar refractivity (Wildman–Crippen MR) is 108 cm³/mol. The fraction of sp³-hybridized carbons (Fsp3) is 0.190. The highest BCUT2D eigenvalue weighted by Crippen LogP contribution is 2.40. The van der Waals surface area contributed by atoms with Crippen molar-refractivity contribution in [1.29, 1.82) is 0 Å². The van der Waals surface area contributed by atoms with Crippen LogP contribution in [0.4, 0.5) is 5.69 Å². The molecule has 0 saturated heterocycles. The van der Waals surface area contributed by atoms with Crippen LogP contribution in [0.1, 0.15) is 23.9 Å². The van der Waals surface area contributed by atoms with Gasteiger partial charge in [0.05, 0.1) is 19.4 Å². The van der Waals surface area contributed by atoms with Gasteiger partial charge < -0.3 is 24.0 Å². The summed E-state index contributed by atoms with van der Waals surface area (Å²) in [6, 6.07) is 6.92. The molecule has 8 heteroatoms. The van der Waals surface area contributed by atoms with Crippen molar-refractivity contribution in [2.75, 3.05) is 13.7 Å². The number of furan rings is 1. The van der Waals surface area contributed by atoms with Gasteiger partial charge in [0.15, 0.2) is 5.71 Å². The van der Waals surface area contributed by atoms with Gasteiger partial charge in [-0.3, -0.25) is 4.79 Å². The van der Waals surface area contributed by atoms with Gasteiger partial charge >= 0.3 is 5.97 Å². The number of aromatic hydroxyl groups is 1. The molecule has 1 aliphatic rings. The highest BCUT2D eigenvalue weighted by molar-refractivity contribution is 6.58. The topological polar surface area (TPSA) is 114 Å². The van der Waals surface area contributed by atoms with Crippen LogP contribution in [0.5, 0.6) is 11.7 Å². The molecular formula is C21H18N2O6. The number of pyridine rings is 1. The number of aryl methyl sites for hydroxylation is 1. The Labute approximate surface area is 165 Å². The zero-order valence-electron chi connectivity index (χ0n) is 16.0. The van der Waals surface area contributed by atoms with E-state index < -0.39 is 17.5 Å². The molecule has 2 aromatic heterocycles. The number of fused-ring (bicyclic) bond motifs is 2. The number of nitrogens with one attached hydrogen (secondary N) is 1. The summed E-state index contributed by atoms with van der Waals surface area (Å²) < 4.78 is 15.9. The molecule has 0 aliphatic carbocycles. The van der Waals surface area contributed by atoms with Crippen molar-refractivity contribution in [3.63, 3.8) is 0 Å². The number of hydrogen-bond donors (Lipinski definition) is 2. The second-order valence-corrected chi connectivity index (χ2v) is 6.46. The molecule has 0 atom stereocenters. The Bertz CT molecular complexity index is 1260. The molecule has 0 radical (unpaired) electrons. The number of carbonyl (C=O) groups excluding carboxylic acids is 1. The molecule has 148 valence electrons. The summed E-state index contributed by atoms with van der Waals surface area (Å²) in [5, 5.41) is 10.6. The van der Waals surface area contributed by atoms with E-state index in [0.717, 1.165) is 0 Å². The van der Waals surface area contributed by atoms with E-state index in [9.17, 15) is 14.7 Å². The van der Waals surface area contributed by atoms with Gasteiger partial charge in [-0.25, -0.2) is 9.79 Å². The zero-order chi connectivity index (χ0) is 20.7. The molecule has 4 rings (SSSR count). The van der Waals surface area contributed by atoms with E-state index in [2.05, 4.69) is 9.98 Å². The Balaban J connectivity index is 1.95. The van der Waals surface area contributed by atoms with Crippen molar-refractivity contribution < 1.29 is 23.8 Å². The molecule has 1 aromatic carbocycles. The normalized spacial score (nSPS) is 14.2. The summed E-state index contributed by atoms with van der Waals surface area (Å²) in [6.45, 7) is 3.63. The summed E-state index contributed by atoms with van der Waals surface area (Å²) in [6.07, 6.45) is 1.57. The third kappa shape index (κ3) is 3.08. The van der Waals surface area contributed by atoms with Gasteiger partial charge in [0, 0.05) is 22.2 Å². The van der Waals surface area contributed by atoms with Gasteiger partial charge in [0.25, 0.3) is 11.5 Å². The fourth-order valence-corrected chi connectivity index (χ4v) is 3.31. The first kappa shape index (κ1) is 18.5. The van der Waals surface area contributed by atoms with Crippen molar-refractivity contribution in [2.24, 2.45) is 4.99 Å². The lowest BCUT2D eigenvalue weighted by molar-refractivity contribution is -0.134. The van der Waals surface area contributed by atoms with E-state index in [-0.39, 0.29) is 23.5 Å². The van der Waals surface area contributed by atoms with Crippen LogP contribution in [0.2, 0.25) is 0 Å². The van der Waals surface area contributed by atoms with Crippen LogP contribution in [0.15, 0.2) is 38.5 Å². The number of H-pyrrole nitrogens is 1. The molecule has 3 aromatic rings. The van der Waals surface area contributed by atoms with Crippen LogP contribution in [0, 0.1) is 6.92 Å². The molecule has 0 unspecified atom stereocenters. The van der Waals surface area contributed by atoms with Crippen LogP contribution >= 0.6 is 0 Å². The van der Waals surface area contributed by atoms with E-state index in [1.807, 2.05) is 0 Å². The number of benzene rings is 1. The van der Waals surface area contributed by atoms with Crippen molar-refractivity contribution in [3.05, 3.63) is 51.6 Å². The molecule has 0 fully saturated rings. The van der Waals surface area contributed by atoms with Crippen LogP contribution in [0.25, 0.3) is 22.4 Å². The summed E-state index contributed by atoms with van der Waals surface area (Å²) in [7, 11) is 1.54. The minimum absolute atomic E-state index is 0.0425. The number of methoxy groups -OCH3 is 1. The van der Waals surface area contributed by atoms with E-state index in [4.69, 9.17) is 13.9 Å². The van der Waals surface area contributed by atoms with Crippen LogP contribution in [-0.4, -0.2) is 35.5 Å². The fourth-order valence-electron chi connectivity index (χ4n) is 3.31. The molecule has 1 aliphatic heterocycles. The third-order valence-corrected chi connectivity index (χ3v) is 4.58. The van der Waals surface area contributed by atoms with Crippen molar-refractivity contribution >= 4 is 39.8 Å². The Hall–Kier alpha value is -3.81. The van der Waals surface area contributed by atoms with Crippen LogP contribution in [0.3, 0.4) is 0 Å². The second kappa shape index (κ2) is 6.97. The number of aromatic nitrogens is 1. The van der Waals surface area contributed by atoms with E-state index >= 15 is 0 Å². The van der Waals surface area contributed by atoms with Gasteiger partial charge in [0.1, 0.15) is 16.9 Å². The predicted octanol–water partition coefficient (Wildman–Crippen LogP) is 3.33. The summed E-state index contributed by atoms with van der Waals surface area (Å²) in [5.74, 6) is -0.251. The van der Waals surface area contributed by atoms with Gasteiger partial charge in [-0.1, -0.05) is 0 Å². The zero-order valence-corrected chi connectivity index (χ0v) is 16.0. The molecule has 29 heavy (non-hydrogen) atoms. The van der Waals surface area contributed by atoms with Gasteiger partial charge in [0.2, 0.25) is 0 Å². The van der Waals surface area contributed by atoms with Crippen LogP contribution in [-0.2, 0) is 9.53 Å². The maximum atomic E-state index is 12.5. The molecule has 0 amide bonds. The molecule has 2 N–H and O–H groups in total. The number of hydrogen-bond acceptors (Lipinski definition) is 7. The van der Waals surface area contributed by atoms with Crippen molar-refractivity contribution in [2.45, 2.75) is 13.8 Å². The van der Waals surface area contributed by atoms with Gasteiger partial charge in [-0.2, -0.15) is 0 Å². The average Bonchev–Trinajstić information content (AvgIpc) is 3.19. The SMILES string of the molecule is CCOC(=O)C1=Nc2ccc(OC)cc2C1=Cc1oc(O)c2c(=O)[nH]c(C)cc12. The molecule has 0 spiro atoms. The summed E-state index contributed by atoms with van der Waals surface area (Å²) >= 11 is 0. The van der Waals surface area contributed by atoms with E-state index in [0.29, 0.717) is 33.7 Å². The van der Waals surface area contributed by atoms with Gasteiger partial charge in [-0.05, 0) is 44.2 Å². The van der Waals surface area contributed by atoms with E-state index in [1.54, 1.807) is 51.3 Å².